The summed E-state index contributed by atoms with van der Waals surface area (Å²) in [5.41, 5.74) is 17.0. The number of nitrogens with two attached hydrogens (primary N) is 1. The molecular formula is C23H21N7O3. The van der Waals surface area contributed by atoms with E-state index in [9.17, 15) is 9.59 Å². The van der Waals surface area contributed by atoms with Gasteiger partial charge in [0.25, 0.3) is 11.8 Å². The summed E-state index contributed by atoms with van der Waals surface area (Å²) >= 11 is 0. The Morgan fingerprint density at radius 3 is 2.27 bits per heavy atom. The van der Waals surface area contributed by atoms with Crippen molar-refractivity contribution in [2.75, 3.05) is 23.2 Å². The zero-order valence-electron chi connectivity index (χ0n) is 17.4. The number of hydrazine groups is 2. The second kappa shape index (κ2) is 9.96. The molecular weight excluding hydrogens is 422 g/mol. The van der Waals surface area contributed by atoms with E-state index in [1.54, 1.807) is 30.3 Å². The van der Waals surface area contributed by atoms with Gasteiger partial charge in [-0.1, -0.05) is 54.6 Å². The number of hydrogen-bond acceptors (Lipinski definition) is 8. The minimum absolute atomic E-state index is 0.0972. The average molecular weight is 443 g/mol. The molecule has 10 heteroatoms. The fourth-order valence-electron chi connectivity index (χ4n) is 3.03. The minimum atomic E-state index is -0.435. The predicted octanol–water partition coefficient (Wildman–Crippen LogP) is 2.49. The Bertz CT molecular complexity index is 1280. The molecule has 166 valence electrons. The third-order valence-corrected chi connectivity index (χ3v) is 4.65. The number of nitrogens with one attached hydrogen (secondary N) is 4. The Balaban J connectivity index is 1.35. The smallest absolute Gasteiger partial charge is 0.276 e. The van der Waals surface area contributed by atoms with E-state index in [2.05, 4.69) is 31.7 Å². The Hall–Kier alpha value is -4.86. The number of para-hydroxylation sites is 1. The number of nitrogens with zero attached hydrogens (tertiary/aromatic N) is 2. The number of fused-ring (bicyclic) bond motifs is 1. The fraction of sp³-hybridized carbons (Fsp3) is 0.0435. The molecule has 1 aromatic heterocycles. The molecule has 0 unspecified atom stereocenters. The van der Waals surface area contributed by atoms with Crippen LogP contribution < -0.4 is 32.2 Å². The maximum Gasteiger partial charge on any atom is 0.276 e. The Labute approximate surface area is 189 Å². The van der Waals surface area contributed by atoms with Gasteiger partial charge in [0.1, 0.15) is 17.8 Å². The van der Waals surface area contributed by atoms with Crippen molar-refractivity contribution in [1.29, 1.82) is 0 Å². The molecule has 0 atom stereocenters. The first-order valence-electron chi connectivity index (χ1n) is 9.99. The molecule has 6 N–H and O–H groups in total. The highest BCUT2D eigenvalue weighted by Crippen LogP contribution is 2.22. The van der Waals surface area contributed by atoms with Gasteiger partial charge in [-0.3, -0.25) is 31.3 Å². The van der Waals surface area contributed by atoms with E-state index < -0.39 is 5.91 Å². The lowest BCUT2D eigenvalue weighted by Crippen LogP contribution is -2.35. The maximum atomic E-state index is 12.7. The van der Waals surface area contributed by atoms with Crippen molar-refractivity contribution in [3.05, 3.63) is 84.7 Å². The zero-order chi connectivity index (χ0) is 23.0. The number of benzene rings is 3. The van der Waals surface area contributed by atoms with Crippen molar-refractivity contribution in [1.82, 2.24) is 20.8 Å². The molecule has 0 aliphatic carbocycles. The standard InChI is InChI=1S/C23H21N7O3/c24-20-21(28-27-19(31)13-33-16-9-2-1-3-10-16)25-14-26-22(20)29-30-23(32)18-12-6-8-15-7-4-5-11-17(15)18/h1-12,14H,13,24H2,(H,27,31)(H,30,32)(H2,25,26,28,29). The van der Waals surface area contributed by atoms with Crippen LogP contribution in [0, 0.1) is 0 Å². The molecule has 33 heavy (non-hydrogen) atoms. The molecule has 0 saturated carbocycles. The number of carbonyl (C=O) groups excluding carboxylic acids is 2. The largest absolute Gasteiger partial charge is 0.484 e. The number of ether oxygens (including phenoxy) is 1. The van der Waals surface area contributed by atoms with Gasteiger partial charge in [0.05, 0.1) is 0 Å². The molecule has 0 radical (unpaired) electrons. The van der Waals surface area contributed by atoms with Crippen LogP contribution >= 0.6 is 0 Å². The monoisotopic (exact) mass is 443 g/mol. The quantitative estimate of drug-likeness (QED) is 0.261. The number of rotatable bonds is 8. The SMILES string of the molecule is Nc1c(NNC(=O)COc2ccccc2)ncnc1NNC(=O)c1cccc2ccccc12. The fourth-order valence-corrected chi connectivity index (χ4v) is 3.03. The molecule has 10 nitrogen and oxygen atoms in total. The van der Waals surface area contributed by atoms with Crippen molar-refractivity contribution < 1.29 is 14.3 Å². The predicted molar refractivity (Wildman–Crippen MR) is 125 cm³/mol. The highest BCUT2D eigenvalue weighted by molar-refractivity contribution is 6.07. The van der Waals surface area contributed by atoms with E-state index in [1.807, 2.05) is 42.5 Å². The lowest BCUT2D eigenvalue weighted by atomic mass is 10.0. The first-order valence-corrected chi connectivity index (χ1v) is 9.99. The normalized spacial score (nSPS) is 10.3. The van der Waals surface area contributed by atoms with Gasteiger partial charge in [0.15, 0.2) is 18.2 Å². The summed E-state index contributed by atoms with van der Waals surface area (Å²) in [6, 6.07) is 22.0. The molecule has 0 aliphatic rings. The van der Waals surface area contributed by atoms with Crippen molar-refractivity contribution in [2.24, 2.45) is 0 Å². The van der Waals surface area contributed by atoms with Crippen LogP contribution in [0.4, 0.5) is 17.3 Å². The molecule has 1 heterocycles. The van der Waals surface area contributed by atoms with Gasteiger partial charge in [0.2, 0.25) is 0 Å². The van der Waals surface area contributed by atoms with Gasteiger partial charge < -0.3 is 10.5 Å². The zero-order valence-corrected chi connectivity index (χ0v) is 17.4. The summed E-state index contributed by atoms with van der Waals surface area (Å²) in [6.45, 7) is -0.200. The van der Waals surface area contributed by atoms with Gasteiger partial charge in [-0.25, -0.2) is 9.97 Å². The molecule has 4 aromatic rings. The van der Waals surface area contributed by atoms with Crippen LogP contribution in [0.2, 0.25) is 0 Å². The van der Waals surface area contributed by atoms with Crippen LogP contribution in [0.25, 0.3) is 10.8 Å². The lowest BCUT2D eigenvalue weighted by Gasteiger charge is -2.14. The summed E-state index contributed by atoms with van der Waals surface area (Å²) in [5.74, 6) is 0.0970. The van der Waals surface area contributed by atoms with Crippen molar-refractivity contribution in [2.45, 2.75) is 0 Å². The highest BCUT2D eigenvalue weighted by Gasteiger charge is 2.13. The van der Waals surface area contributed by atoms with E-state index in [1.165, 1.54) is 6.33 Å². The highest BCUT2D eigenvalue weighted by atomic mass is 16.5. The van der Waals surface area contributed by atoms with E-state index in [0.29, 0.717) is 11.3 Å². The third-order valence-electron chi connectivity index (χ3n) is 4.65. The molecule has 3 aromatic carbocycles. The Morgan fingerprint density at radius 1 is 0.818 bits per heavy atom. The van der Waals surface area contributed by atoms with Crippen LogP contribution in [0.5, 0.6) is 5.75 Å². The number of amides is 2. The summed E-state index contributed by atoms with van der Waals surface area (Å²) in [5, 5.41) is 1.77. The summed E-state index contributed by atoms with van der Waals surface area (Å²) in [7, 11) is 0. The molecule has 0 fully saturated rings. The summed E-state index contributed by atoms with van der Waals surface area (Å²) < 4.78 is 5.37. The number of anilines is 3. The van der Waals surface area contributed by atoms with Crippen molar-refractivity contribution >= 4 is 39.9 Å². The number of nitrogen functional groups attached to an aromatic ring is 1. The van der Waals surface area contributed by atoms with Gasteiger partial charge >= 0.3 is 0 Å². The van der Waals surface area contributed by atoms with Crippen molar-refractivity contribution in [3.63, 3.8) is 0 Å². The molecule has 0 bridgehead atoms. The topological polar surface area (TPSA) is 143 Å². The van der Waals surface area contributed by atoms with Crippen LogP contribution in [0.3, 0.4) is 0 Å². The molecule has 0 saturated heterocycles. The van der Waals surface area contributed by atoms with E-state index in [4.69, 9.17) is 10.5 Å². The van der Waals surface area contributed by atoms with Crippen LogP contribution in [0.1, 0.15) is 10.4 Å². The second-order valence-electron chi connectivity index (χ2n) is 6.87. The Morgan fingerprint density at radius 2 is 1.48 bits per heavy atom. The van der Waals surface area contributed by atoms with Gasteiger partial charge in [-0.15, -0.1) is 0 Å². The number of carbonyl (C=O) groups is 2. The van der Waals surface area contributed by atoms with E-state index in [0.717, 1.165) is 10.8 Å². The molecule has 2 amide bonds. The van der Waals surface area contributed by atoms with Gasteiger partial charge in [-0.2, -0.15) is 0 Å². The average Bonchev–Trinajstić information content (AvgIpc) is 2.86. The third kappa shape index (κ3) is 5.25. The number of aromatic nitrogens is 2. The maximum absolute atomic E-state index is 12.7. The van der Waals surface area contributed by atoms with E-state index in [-0.39, 0.29) is 29.8 Å². The van der Waals surface area contributed by atoms with Crippen LogP contribution in [0.15, 0.2) is 79.1 Å². The van der Waals surface area contributed by atoms with Gasteiger partial charge in [0, 0.05) is 5.56 Å². The second-order valence-corrected chi connectivity index (χ2v) is 6.87. The van der Waals surface area contributed by atoms with Crippen molar-refractivity contribution in [3.8, 4) is 5.75 Å². The van der Waals surface area contributed by atoms with Crippen LogP contribution in [-0.4, -0.2) is 28.4 Å². The number of hydrogen-bond donors (Lipinski definition) is 5. The molecule has 0 aliphatic heterocycles. The Kier molecular flexibility index (Phi) is 6.45. The first-order chi connectivity index (χ1) is 16.1. The van der Waals surface area contributed by atoms with E-state index >= 15 is 0 Å². The molecule has 0 spiro atoms. The van der Waals surface area contributed by atoms with Gasteiger partial charge in [-0.05, 0) is 29.0 Å². The summed E-state index contributed by atoms with van der Waals surface area (Å²) in [6.07, 6.45) is 1.23. The molecule has 4 rings (SSSR count). The van der Waals surface area contributed by atoms with Crippen LogP contribution in [-0.2, 0) is 4.79 Å². The lowest BCUT2D eigenvalue weighted by molar-refractivity contribution is -0.122. The summed E-state index contributed by atoms with van der Waals surface area (Å²) in [4.78, 5) is 32.7. The minimum Gasteiger partial charge on any atom is -0.484 e. The first kappa shape index (κ1) is 21.4.